The van der Waals surface area contributed by atoms with Gasteiger partial charge >= 0.3 is 5.97 Å². The molecule has 2 heterocycles. The highest BCUT2D eigenvalue weighted by molar-refractivity contribution is 5.92. The molecule has 1 aromatic carbocycles. The van der Waals surface area contributed by atoms with Gasteiger partial charge in [-0.2, -0.15) is 0 Å². The summed E-state index contributed by atoms with van der Waals surface area (Å²) in [6.07, 6.45) is 4.29. The Morgan fingerprint density at radius 2 is 2.24 bits per heavy atom. The van der Waals surface area contributed by atoms with Crippen LogP contribution in [-0.2, 0) is 0 Å². The smallest absolute Gasteiger partial charge is 0.341 e. The standard InChI is InChI=1S/C17H18N4O4/c1-10(2)8-24-14-4-3-11(5-12(14)15-6-19-9-25-15)21-7-13(17(22)23)16(18)20-21/h3-7,9-10H,8H2,1-2H3,(H2,18,20)(H,22,23). The van der Waals surface area contributed by atoms with Crippen LogP contribution >= 0.6 is 0 Å². The summed E-state index contributed by atoms with van der Waals surface area (Å²) in [6, 6.07) is 5.34. The van der Waals surface area contributed by atoms with Gasteiger partial charge in [0.2, 0.25) is 0 Å². The number of carbonyl (C=O) groups is 1. The van der Waals surface area contributed by atoms with Crippen LogP contribution in [0.5, 0.6) is 5.75 Å². The second-order valence-electron chi connectivity index (χ2n) is 5.93. The molecular formula is C17H18N4O4. The predicted octanol–water partition coefficient (Wildman–Crippen LogP) is 2.84. The Kier molecular flexibility index (Phi) is 4.42. The Labute approximate surface area is 143 Å². The number of nitrogens with two attached hydrogens (primary N) is 1. The molecule has 25 heavy (non-hydrogen) atoms. The fraction of sp³-hybridized carbons (Fsp3) is 0.235. The van der Waals surface area contributed by atoms with Crippen molar-refractivity contribution in [2.75, 3.05) is 12.3 Å². The van der Waals surface area contributed by atoms with Crippen molar-refractivity contribution >= 4 is 11.8 Å². The van der Waals surface area contributed by atoms with Gasteiger partial charge in [-0.3, -0.25) is 0 Å². The van der Waals surface area contributed by atoms with Crippen molar-refractivity contribution in [2.45, 2.75) is 13.8 Å². The molecule has 0 atom stereocenters. The molecule has 0 spiro atoms. The highest BCUT2D eigenvalue weighted by Gasteiger charge is 2.16. The topological polar surface area (TPSA) is 116 Å². The predicted molar refractivity (Wildman–Crippen MR) is 90.8 cm³/mol. The first kappa shape index (κ1) is 16.6. The summed E-state index contributed by atoms with van der Waals surface area (Å²) in [7, 11) is 0. The Morgan fingerprint density at radius 3 is 2.84 bits per heavy atom. The fourth-order valence-electron chi connectivity index (χ4n) is 2.27. The maximum absolute atomic E-state index is 11.1. The first-order valence-electron chi connectivity index (χ1n) is 7.70. The van der Waals surface area contributed by atoms with E-state index in [0.717, 1.165) is 0 Å². The zero-order valence-corrected chi connectivity index (χ0v) is 13.8. The number of ether oxygens (including phenoxy) is 1. The van der Waals surface area contributed by atoms with E-state index >= 15 is 0 Å². The molecule has 3 rings (SSSR count). The Balaban J connectivity index is 2.03. The molecule has 0 saturated carbocycles. The number of carboxylic acids is 1. The second-order valence-corrected chi connectivity index (χ2v) is 5.93. The lowest BCUT2D eigenvalue weighted by Gasteiger charge is -2.13. The number of anilines is 1. The number of hydrogen-bond acceptors (Lipinski definition) is 6. The number of aromatic carboxylic acids is 1. The highest BCUT2D eigenvalue weighted by atomic mass is 16.5. The van der Waals surface area contributed by atoms with E-state index in [4.69, 9.17) is 20.0 Å². The van der Waals surface area contributed by atoms with Gasteiger partial charge in [0.15, 0.2) is 18.0 Å². The van der Waals surface area contributed by atoms with Crippen molar-refractivity contribution in [1.82, 2.24) is 14.8 Å². The number of hydrogen-bond donors (Lipinski definition) is 2. The van der Waals surface area contributed by atoms with E-state index in [1.165, 1.54) is 17.3 Å². The summed E-state index contributed by atoms with van der Waals surface area (Å²) in [5, 5.41) is 13.2. The third-order valence-electron chi connectivity index (χ3n) is 3.47. The summed E-state index contributed by atoms with van der Waals surface area (Å²) < 4.78 is 12.6. The van der Waals surface area contributed by atoms with Gasteiger partial charge in [-0.05, 0) is 24.1 Å². The number of oxazole rings is 1. The second kappa shape index (κ2) is 6.68. The average molecular weight is 342 g/mol. The van der Waals surface area contributed by atoms with Crippen molar-refractivity contribution in [3.05, 3.63) is 42.5 Å². The van der Waals surface area contributed by atoms with Crippen LogP contribution in [0.15, 0.2) is 41.4 Å². The molecule has 130 valence electrons. The zero-order valence-electron chi connectivity index (χ0n) is 13.8. The van der Waals surface area contributed by atoms with Gasteiger partial charge in [0.25, 0.3) is 0 Å². The number of nitrogen functional groups attached to an aromatic ring is 1. The third kappa shape index (κ3) is 3.47. The van der Waals surface area contributed by atoms with Crippen molar-refractivity contribution in [1.29, 1.82) is 0 Å². The molecule has 2 aromatic heterocycles. The molecule has 0 aliphatic carbocycles. The van der Waals surface area contributed by atoms with Crippen molar-refractivity contribution in [2.24, 2.45) is 5.92 Å². The Morgan fingerprint density at radius 1 is 1.44 bits per heavy atom. The van der Waals surface area contributed by atoms with Crippen molar-refractivity contribution in [3.63, 3.8) is 0 Å². The van der Waals surface area contributed by atoms with E-state index in [1.807, 2.05) is 0 Å². The van der Waals surface area contributed by atoms with Crippen LogP contribution in [0.1, 0.15) is 24.2 Å². The van der Waals surface area contributed by atoms with Crippen LogP contribution in [0.4, 0.5) is 5.82 Å². The van der Waals surface area contributed by atoms with E-state index in [1.54, 1.807) is 24.4 Å². The molecule has 8 heteroatoms. The molecule has 0 amide bonds. The Bertz CT molecular complexity index is 884. The largest absolute Gasteiger partial charge is 0.493 e. The van der Waals surface area contributed by atoms with Gasteiger partial charge in [-0.1, -0.05) is 13.8 Å². The quantitative estimate of drug-likeness (QED) is 0.707. The highest BCUT2D eigenvalue weighted by Crippen LogP contribution is 2.32. The monoisotopic (exact) mass is 342 g/mol. The van der Waals surface area contributed by atoms with Gasteiger partial charge in [0.05, 0.1) is 24.1 Å². The first-order chi connectivity index (χ1) is 12.0. The summed E-state index contributed by atoms with van der Waals surface area (Å²) in [5.41, 5.74) is 6.93. The van der Waals surface area contributed by atoms with Gasteiger partial charge in [0.1, 0.15) is 11.3 Å². The molecule has 8 nitrogen and oxygen atoms in total. The number of aromatic nitrogens is 3. The molecule has 3 aromatic rings. The molecular weight excluding hydrogens is 324 g/mol. The van der Waals surface area contributed by atoms with E-state index < -0.39 is 5.97 Å². The van der Waals surface area contributed by atoms with Crippen LogP contribution in [0.2, 0.25) is 0 Å². The molecule has 0 aliphatic heterocycles. The van der Waals surface area contributed by atoms with E-state index in [-0.39, 0.29) is 11.4 Å². The molecule has 0 bridgehead atoms. The normalized spacial score (nSPS) is 11.0. The van der Waals surface area contributed by atoms with Crippen molar-refractivity contribution < 1.29 is 19.1 Å². The molecule has 0 radical (unpaired) electrons. The minimum Gasteiger partial charge on any atom is -0.493 e. The van der Waals surface area contributed by atoms with Crippen LogP contribution in [-0.4, -0.2) is 32.4 Å². The van der Waals surface area contributed by atoms with Crippen LogP contribution < -0.4 is 10.5 Å². The van der Waals surface area contributed by atoms with E-state index in [2.05, 4.69) is 23.9 Å². The fourth-order valence-corrected chi connectivity index (χ4v) is 2.27. The average Bonchev–Trinajstić information content (AvgIpc) is 3.22. The lowest BCUT2D eigenvalue weighted by atomic mass is 10.1. The van der Waals surface area contributed by atoms with E-state index in [0.29, 0.717) is 35.3 Å². The number of rotatable bonds is 6. The number of nitrogens with zero attached hydrogens (tertiary/aromatic N) is 3. The maximum atomic E-state index is 11.1. The van der Waals surface area contributed by atoms with Crippen LogP contribution in [0.25, 0.3) is 17.0 Å². The first-order valence-corrected chi connectivity index (χ1v) is 7.70. The molecule has 3 N–H and O–H groups in total. The van der Waals surface area contributed by atoms with Gasteiger partial charge in [0, 0.05) is 6.20 Å². The van der Waals surface area contributed by atoms with E-state index in [9.17, 15) is 4.79 Å². The van der Waals surface area contributed by atoms with Crippen LogP contribution in [0.3, 0.4) is 0 Å². The minimum atomic E-state index is -1.13. The van der Waals surface area contributed by atoms with Gasteiger partial charge < -0.3 is 20.0 Å². The Hall–Kier alpha value is -3.29. The van der Waals surface area contributed by atoms with Gasteiger partial charge in [-0.15, -0.1) is 5.10 Å². The lowest BCUT2D eigenvalue weighted by molar-refractivity contribution is 0.0698. The summed E-state index contributed by atoms with van der Waals surface area (Å²) >= 11 is 0. The summed E-state index contributed by atoms with van der Waals surface area (Å²) in [4.78, 5) is 15.1. The zero-order chi connectivity index (χ0) is 18.0. The summed E-state index contributed by atoms with van der Waals surface area (Å²) in [6.45, 7) is 4.67. The molecule has 0 unspecified atom stereocenters. The lowest BCUT2D eigenvalue weighted by Crippen LogP contribution is -2.06. The number of carboxylic acid groups (broad SMARTS) is 1. The molecule has 0 saturated heterocycles. The van der Waals surface area contributed by atoms with Crippen molar-refractivity contribution in [3.8, 4) is 22.8 Å². The third-order valence-corrected chi connectivity index (χ3v) is 3.47. The number of benzene rings is 1. The maximum Gasteiger partial charge on any atom is 0.341 e. The van der Waals surface area contributed by atoms with Gasteiger partial charge in [-0.25, -0.2) is 14.5 Å². The molecule has 0 aliphatic rings. The minimum absolute atomic E-state index is 0.0474. The van der Waals surface area contributed by atoms with Crippen LogP contribution in [0, 0.1) is 5.92 Å². The molecule has 0 fully saturated rings. The SMILES string of the molecule is CC(C)COc1ccc(-n2cc(C(=O)O)c(N)n2)cc1-c1cnco1. The summed E-state index contributed by atoms with van der Waals surface area (Å²) in [5.74, 6) is 0.378.